The molecule has 0 bridgehead atoms. The summed E-state index contributed by atoms with van der Waals surface area (Å²) in [6.07, 6.45) is 9.23. The van der Waals surface area contributed by atoms with Gasteiger partial charge in [0.2, 0.25) is 0 Å². The lowest BCUT2D eigenvalue weighted by molar-refractivity contribution is 0.133. The Kier molecular flexibility index (Phi) is 6.71. The first-order valence-electron chi connectivity index (χ1n) is 8.64. The molecule has 0 spiro atoms. The molecule has 1 N–H and O–H groups in total. The highest BCUT2D eigenvalue weighted by Gasteiger charge is 2.23. The van der Waals surface area contributed by atoms with Crippen LogP contribution in [0.5, 0.6) is 0 Å². The smallest absolute Gasteiger partial charge is 0.0948 e. The second kappa shape index (κ2) is 8.54. The van der Waals surface area contributed by atoms with Crippen molar-refractivity contribution in [3.05, 3.63) is 18.2 Å². The minimum Gasteiger partial charge on any atom is -0.333 e. The highest BCUT2D eigenvalue weighted by Crippen LogP contribution is 2.19. The third-order valence-corrected chi connectivity index (χ3v) is 4.31. The number of hydrogen-bond donors (Lipinski definition) is 1. The summed E-state index contributed by atoms with van der Waals surface area (Å²) in [5.74, 6) is 0.730. The Morgan fingerprint density at radius 3 is 3.00 bits per heavy atom. The topological polar surface area (TPSA) is 33.1 Å². The van der Waals surface area contributed by atoms with Crippen molar-refractivity contribution in [3.63, 3.8) is 0 Å². The van der Waals surface area contributed by atoms with Gasteiger partial charge in [0.1, 0.15) is 0 Å². The van der Waals surface area contributed by atoms with Gasteiger partial charge >= 0.3 is 0 Å². The van der Waals surface area contributed by atoms with Crippen molar-refractivity contribution >= 4 is 0 Å². The zero-order valence-electron chi connectivity index (χ0n) is 14.0. The summed E-state index contributed by atoms with van der Waals surface area (Å²) in [5.41, 5.74) is 1.37. The van der Waals surface area contributed by atoms with Crippen LogP contribution in [0.1, 0.15) is 52.1 Å². The number of likely N-dealkylation sites (tertiary alicyclic amines) is 1. The summed E-state index contributed by atoms with van der Waals surface area (Å²) in [6.45, 7) is 12.4. The van der Waals surface area contributed by atoms with E-state index in [4.69, 9.17) is 0 Å². The fourth-order valence-corrected chi connectivity index (χ4v) is 3.17. The van der Waals surface area contributed by atoms with Crippen LogP contribution in [0.2, 0.25) is 0 Å². The normalized spacial score (nSPS) is 20.3. The lowest BCUT2D eigenvalue weighted by atomic mass is 10.0. The van der Waals surface area contributed by atoms with Crippen LogP contribution in [0.25, 0.3) is 0 Å². The molecule has 0 aromatic carbocycles. The monoisotopic (exact) mass is 292 g/mol. The summed E-state index contributed by atoms with van der Waals surface area (Å²) in [4.78, 5) is 6.99. The molecule has 1 aromatic heterocycles. The van der Waals surface area contributed by atoms with Crippen molar-refractivity contribution in [3.8, 4) is 0 Å². The van der Waals surface area contributed by atoms with E-state index < -0.39 is 0 Å². The van der Waals surface area contributed by atoms with Crippen LogP contribution < -0.4 is 5.32 Å². The van der Waals surface area contributed by atoms with Crippen molar-refractivity contribution < 1.29 is 0 Å². The number of rotatable bonds is 8. The molecule has 0 radical (unpaired) electrons. The average Bonchev–Trinajstić information content (AvgIpc) is 2.88. The van der Waals surface area contributed by atoms with Crippen molar-refractivity contribution in [1.29, 1.82) is 0 Å². The van der Waals surface area contributed by atoms with Crippen LogP contribution in [-0.2, 0) is 13.1 Å². The summed E-state index contributed by atoms with van der Waals surface area (Å²) < 4.78 is 2.31. The second-order valence-electron chi connectivity index (χ2n) is 6.75. The Hall–Kier alpha value is -0.870. The van der Waals surface area contributed by atoms with Gasteiger partial charge in [-0.25, -0.2) is 4.98 Å². The fourth-order valence-electron chi connectivity index (χ4n) is 3.17. The van der Waals surface area contributed by atoms with E-state index in [1.807, 2.05) is 12.5 Å². The van der Waals surface area contributed by atoms with E-state index in [0.717, 1.165) is 32.1 Å². The molecule has 2 rings (SSSR count). The molecular weight excluding hydrogens is 260 g/mol. The molecule has 1 saturated heterocycles. The van der Waals surface area contributed by atoms with Gasteiger partial charge in [-0.05, 0) is 38.3 Å². The zero-order chi connectivity index (χ0) is 15.1. The first-order valence-corrected chi connectivity index (χ1v) is 8.64. The summed E-state index contributed by atoms with van der Waals surface area (Å²) in [5, 5.41) is 3.64. The second-order valence-corrected chi connectivity index (χ2v) is 6.75. The molecule has 1 aromatic rings. The number of nitrogens with zero attached hydrogens (tertiary/aromatic N) is 3. The number of piperidine rings is 1. The predicted octanol–water partition coefficient (Wildman–Crippen LogP) is 2.89. The summed E-state index contributed by atoms with van der Waals surface area (Å²) in [6, 6.07) is 0.683. The van der Waals surface area contributed by atoms with Gasteiger partial charge < -0.3 is 9.88 Å². The standard InChI is InChI=1S/C17H32N4/c1-4-8-21-14-19-12-17(21)13-20-9-6-5-7-16(20)11-18-10-15(2)3/h12,14-16,18H,4-11,13H2,1-3H3. The van der Waals surface area contributed by atoms with Gasteiger partial charge in [-0.15, -0.1) is 0 Å². The van der Waals surface area contributed by atoms with Gasteiger partial charge in [-0.1, -0.05) is 27.2 Å². The highest BCUT2D eigenvalue weighted by molar-refractivity contribution is 4.99. The Labute approximate surface area is 129 Å². The van der Waals surface area contributed by atoms with E-state index in [0.29, 0.717) is 6.04 Å². The van der Waals surface area contributed by atoms with Gasteiger partial charge in [0.15, 0.2) is 0 Å². The average molecular weight is 292 g/mol. The number of hydrogen-bond acceptors (Lipinski definition) is 3. The van der Waals surface area contributed by atoms with E-state index in [1.54, 1.807) is 0 Å². The highest BCUT2D eigenvalue weighted by atomic mass is 15.2. The first-order chi connectivity index (χ1) is 10.2. The molecule has 1 fully saturated rings. The molecule has 0 amide bonds. The van der Waals surface area contributed by atoms with Crippen molar-refractivity contribution in [2.24, 2.45) is 5.92 Å². The van der Waals surface area contributed by atoms with Crippen LogP contribution in [-0.4, -0.2) is 40.1 Å². The molecule has 0 aliphatic carbocycles. The van der Waals surface area contributed by atoms with Gasteiger partial charge in [-0.3, -0.25) is 4.90 Å². The molecule has 4 nitrogen and oxygen atoms in total. The number of aromatic nitrogens is 2. The Morgan fingerprint density at radius 2 is 2.24 bits per heavy atom. The molecule has 21 heavy (non-hydrogen) atoms. The van der Waals surface area contributed by atoms with Crippen LogP contribution in [0.4, 0.5) is 0 Å². The van der Waals surface area contributed by atoms with E-state index in [1.165, 1.54) is 37.9 Å². The molecule has 1 atom stereocenters. The minimum atomic E-state index is 0.683. The van der Waals surface area contributed by atoms with E-state index in [9.17, 15) is 0 Å². The maximum atomic E-state index is 4.34. The Morgan fingerprint density at radius 1 is 1.38 bits per heavy atom. The van der Waals surface area contributed by atoms with E-state index in [-0.39, 0.29) is 0 Å². The van der Waals surface area contributed by atoms with Crippen LogP contribution >= 0.6 is 0 Å². The SMILES string of the molecule is CCCn1cncc1CN1CCCCC1CNCC(C)C. The van der Waals surface area contributed by atoms with Crippen molar-refractivity contribution in [1.82, 2.24) is 19.8 Å². The van der Waals surface area contributed by atoms with E-state index in [2.05, 4.69) is 40.5 Å². The Balaban J connectivity index is 1.90. The third-order valence-electron chi connectivity index (χ3n) is 4.31. The van der Waals surface area contributed by atoms with Gasteiger partial charge in [-0.2, -0.15) is 0 Å². The maximum Gasteiger partial charge on any atom is 0.0948 e. The first kappa shape index (κ1) is 16.5. The van der Waals surface area contributed by atoms with Crippen molar-refractivity contribution in [2.45, 2.75) is 65.6 Å². The van der Waals surface area contributed by atoms with Crippen LogP contribution in [0.3, 0.4) is 0 Å². The van der Waals surface area contributed by atoms with Gasteiger partial charge in [0, 0.05) is 31.9 Å². The summed E-state index contributed by atoms with van der Waals surface area (Å²) in [7, 11) is 0. The van der Waals surface area contributed by atoms with Crippen molar-refractivity contribution in [2.75, 3.05) is 19.6 Å². The van der Waals surface area contributed by atoms with E-state index >= 15 is 0 Å². The summed E-state index contributed by atoms with van der Waals surface area (Å²) >= 11 is 0. The molecule has 1 aliphatic rings. The third kappa shape index (κ3) is 5.11. The molecule has 4 heteroatoms. The lowest BCUT2D eigenvalue weighted by Crippen LogP contribution is -2.45. The lowest BCUT2D eigenvalue weighted by Gasteiger charge is -2.36. The minimum absolute atomic E-state index is 0.683. The molecule has 0 saturated carbocycles. The maximum absolute atomic E-state index is 4.34. The van der Waals surface area contributed by atoms with Gasteiger partial charge in [0.25, 0.3) is 0 Å². The largest absolute Gasteiger partial charge is 0.333 e. The Bertz CT molecular complexity index is 399. The van der Waals surface area contributed by atoms with Crippen LogP contribution in [0.15, 0.2) is 12.5 Å². The molecule has 120 valence electrons. The fraction of sp³-hybridized carbons (Fsp3) is 0.824. The van der Waals surface area contributed by atoms with Gasteiger partial charge in [0.05, 0.1) is 12.0 Å². The quantitative estimate of drug-likeness (QED) is 0.800. The predicted molar refractivity (Wildman–Crippen MR) is 88.3 cm³/mol. The number of imidazole rings is 1. The molecular formula is C17H32N4. The van der Waals surface area contributed by atoms with Crippen LogP contribution in [0, 0.1) is 5.92 Å². The number of nitrogens with one attached hydrogen (secondary N) is 1. The molecule has 1 unspecified atom stereocenters. The number of aryl methyl sites for hydroxylation is 1. The molecule has 2 heterocycles. The molecule has 1 aliphatic heterocycles. The zero-order valence-corrected chi connectivity index (χ0v) is 14.0.